The molecular weight excluding hydrogens is 286 g/mol. The lowest BCUT2D eigenvalue weighted by Crippen LogP contribution is -2.45. The Morgan fingerprint density at radius 3 is 2.87 bits per heavy atom. The molecule has 0 spiro atoms. The van der Waals surface area contributed by atoms with E-state index in [1.54, 1.807) is 0 Å². The van der Waals surface area contributed by atoms with Gasteiger partial charge in [-0.15, -0.1) is 0 Å². The number of nitrogens with zero attached hydrogens (tertiary/aromatic N) is 1. The van der Waals surface area contributed by atoms with Crippen molar-refractivity contribution < 1.29 is 4.79 Å². The van der Waals surface area contributed by atoms with Gasteiger partial charge >= 0.3 is 6.03 Å². The number of carbonyl (C=O) groups excluding carboxylic acids is 1. The molecule has 23 heavy (non-hydrogen) atoms. The normalized spacial score (nSPS) is 20.0. The van der Waals surface area contributed by atoms with Gasteiger partial charge in [-0.05, 0) is 50.6 Å². The quantitative estimate of drug-likeness (QED) is 0.812. The van der Waals surface area contributed by atoms with Crippen molar-refractivity contribution >= 4 is 6.03 Å². The molecule has 1 fully saturated rings. The molecule has 2 unspecified atom stereocenters. The van der Waals surface area contributed by atoms with Gasteiger partial charge in [-0.25, -0.2) is 4.79 Å². The number of urea groups is 1. The highest BCUT2D eigenvalue weighted by Crippen LogP contribution is 2.14. The minimum Gasteiger partial charge on any atom is -0.337 e. The fraction of sp³-hybridized carbons (Fsp3) is 0.632. The van der Waals surface area contributed by atoms with E-state index >= 15 is 0 Å². The van der Waals surface area contributed by atoms with Crippen molar-refractivity contribution in [1.82, 2.24) is 15.5 Å². The number of amides is 2. The summed E-state index contributed by atoms with van der Waals surface area (Å²) in [6.07, 6.45) is 4.57. The topological polar surface area (TPSA) is 44.4 Å². The highest BCUT2D eigenvalue weighted by atomic mass is 16.2. The first-order chi connectivity index (χ1) is 11.1. The summed E-state index contributed by atoms with van der Waals surface area (Å²) >= 11 is 0. The van der Waals surface area contributed by atoms with Gasteiger partial charge in [0.2, 0.25) is 0 Å². The second kappa shape index (κ2) is 9.56. The zero-order valence-electron chi connectivity index (χ0n) is 14.6. The van der Waals surface area contributed by atoms with E-state index < -0.39 is 0 Å². The van der Waals surface area contributed by atoms with Crippen LogP contribution < -0.4 is 10.6 Å². The van der Waals surface area contributed by atoms with E-state index in [-0.39, 0.29) is 12.1 Å². The first-order valence-corrected chi connectivity index (χ1v) is 8.94. The molecule has 0 aliphatic carbocycles. The molecule has 1 saturated heterocycles. The number of hydrogen-bond acceptors (Lipinski definition) is 2. The number of carbonyl (C=O) groups is 1. The molecule has 128 valence electrons. The average Bonchev–Trinajstić information content (AvgIpc) is 2.54. The van der Waals surface area contributed by atoms with Gasteiger partial charge in [0.1, 0.15) is 0 Å². The minimum absolute atomic E-state index is 0.0457. The summed E-state index contributed by atoms with van der Waals surface area (Å²) in [6, 6.07) is 10.5. The summed E-state index contributed by atoms with van der Waals surface area (Å²) in [5.74, 6) is 0.788. The molecule has 2 amide bonds. The Kier molecular flexibility index (Phi) is 7.40. The van der Waals surface area contributed by atoms with Crippen LogP contribution in [0.2, 0.25) is 0 Å². The predicted molar refractivity (Wildman–Crippen MR) is 95.6 cm³/mol. The van der Waals surface area contributed by atoms with Crippen LogP contribution in [0.3, 0.4) is 0 Å². The molecule has 0 bridgehead atoms. The fourth-order valence-electron chi connectivity index (χ4n) is 3.19. The van der Waals surface area contributed by atoms with Gasteiger partial charge in [-0.1, -0.05) is 37.3 Å². The fourth-order valence-corrected chi connectivity index (χ4v) is 3.19. The van der Waals surface area contributed by atoms with E-state index in [1.807, 2.05) is 6.07 Å². The van der Waals surface area contributed by atoms with Crippen LogP contribution in [0.15, 0.2) is 30.3 Å². The van der Waals surface area contributed by atoms with Crippen LogP contribution in [0.5, 0.6) is 0 Å². The van der Waals surface area contributed by atoms with Crippen molar-refractivity contribution in [3.8, 4) is 0 Å². The summed E-state index contributed by atoms with van der Waals surface area (Å²) in [7, 11) is 0. The number of piperidine rings is 1. The van der Waals surface area contributed by atoms with Crippen LogP contribution >= 0.6 is 0 Å². The molecule has 1 heterocycles. The van der Waals surface area contributed by atoms with Crippen molar-refractivity contribution in [3.05, 3.63) is 35.9 Å². The zero-order chi connectivity index (χ0) is 16.5. The molecule has 1 aliphatic heterocycles. The van der Waals surface area contributed by atoms with Gasteiger partial charge in [-0.2, -0.15) is 0 Å². The third kappa shape index (κ3) is 7.04. The molecule has 1 aromatic rings. The maximum atomic E-state index is 11.9. The van der Waals surface area contributed by atoms with Crippen LogP contribution in [0, 0.1) is 5.92 Å². The Labute approximate surface area is 140 Å². The molecule has 4 heteroatoms. The lowest BCUT2D eigenvalue weighted by molar-refractivity contribution is 0.183. The molecule has 2 N–H and O–H groups in total. The first kappa shape index (κ1) is 17.8. The number of likely N-dealkylation sites (tertiary alicyclic amines) is 1. The zero-order valence-corrected chi connectivity index (χ0v) is 14.6. The number of nitrogens with one attached hydrogen (secondary N) is 2. The van der Waals surface area contributed by atoms with E-state index in [9.17, 15) is 4.79 Å². The lowest BCUT2D eigenvalue weighted by Gasteiger charge is -2.30. The third-order valence-electron chi connectivity index (χ3n) is 4.54. The molecule has 0 aromatic heterocycles. The second-order valence-corrected chi connectivity index (χ2v) is 6.87. The molecular formula is C19H31N3O. The monoisotopic (exact) mass is 317 g/mol. The number of benzene rings is 1. The van der Waals surface area contributed by atoms with Gasteiger partial charge in [-0.3, -0.25) is 0 Å². The van der Waals surface area contributed by atoms with Crippen molar-refractivity contribution in [1.29, 1.82) is 0 Å². The lowest BCUT2D eigenvalue weighted by atomic mass is 10.0. The van der Waals surface area contributed by atoms with Gasteiger partial charge in [0, 0.05) is 25.7 Å². The Morgan fingerprint density at radius 1 is 1.35 bits per heavy atom. The highest BCUT2D eigenvalue weighted by molar-refractivity contribution is 5.74. The van der Waals surface area contributed by atoms with E-state index in [1.165, 1.54) is 24.9 Å². The Morgan fingerprint density at radius 2 is 2.13 bits per heavy atom. The van der Waals surface area contributed by atoms with Gasteiger partial charge < -0.3 is 15.5 Å². The van der Waals surface area contributed by atoms with Crippen LogP contribution in [0.4, 0.5) is 4.79 Å². The highest BCUT2D eigenvalue weighted by Gasteiger charge is 2.15. The van der Waals surface area contributed by atoms with Crippen molar-refractivity contribution in [2.45, 2.75) is 45.6 Å². The van der Waals surface area contributed by atoms with E-state index in [2.05, 4.69) is 53.6 Å². The van der Waals surface area contributed by atoms with Crippen molar-refractivity contribution in [3.63, 3.8) is 0 Å². The number of aryl methyl sites for hydroxylation is 1. The summed E-state index contributed by atoms with van der Waals surface area (Å²) in [5.41, 5.74) is 1.32. The maximum absolute atomic E-state index is 11.9. The SMILES string of the molecule is CC1CCCN(CCNC(=O)NC(C)CCc2ccccc2)C1. The molecule has 4 nitrogen and oxygen atoms in total. The van der Waals surface area contributed by atoms with Crippen LogP contribution in [0.1, 0.15) is 38.7 Å². The number of hydrogen-bond donors (Lipinski definition) is 2. The minimum atomic E-state index is -0.0457. The maximum Gasteiger partial charge on any atom is 0.315 e. The average molecular weight is 317 g/mol. The molecule has 0 saturated carbocycles. The van der Waals surface area contributed by atoms with Gasteiger partial charge in [0.05, 0.1) is 0 Å². The van der Waals surface area contributed by atoms with Gasteiger partial charge in [0.25, 0.3) is 0 Å². The largest absolute Gasteiger partial charge is 0.337 e. The Hall–Kier alpha value is -1.55. The predicted octanol–water partition coefficient (Wildman–Crippen LogP) is 3.04. The molecule has 0 radical (unpaired) electrons. The summed E-state index contributed by atoms with van der Waals surface area (Å²) in [6.45, 7) is 8.38. The molecule has 2 rings (SSSR count). The molecule has 1 aromatic carbocycles. The van der Waals surface area contributed by atoms with E-state index in [4.69, 9.17) is 0 Å². The van der Waals surface area contributed by atoms with Crippen molar-refractivity contribution in [2.24, 2.45) is 5.92 Å². The van der Waals surface area contributed by atoms with Crippen LogP contribution in [-0.2, 0) is 6.42 Å². The summed E-state index contributed by atoms with van der Waals surface area (Å²) < 4.78 is 0. The smallest absolute Gasteiger partial charge is 0.315 e. The number of rotatable bonds is 7. The van der Waals surface area contributed by atoms with Gasteiger partial charge in [0.15, 0.2) is 0 Å². The van der Waals surface area contributed by atoms with E-state index in [0.717, 1.165) is 38.4 Å². The third-order valence-corrected chi connectivity index (χ3v) is 4.54. The van der Waals surface area contributed by atoms with Crippen molar-refractivity contribution in [2.75, 3.05) is 26.2 Å². The summed E-state index contributed by atoms with van der Waals surface area (Å²) in [4.78, 5) is 14.4. The Balaban J connectivity index is 1.56. The van der Waals surface area contributed by atoms with Crippen LogP contribution in [-0.4, -0.2) is 43.2 Å². The molecule has 2 atom stereocenters. The Bertz CT molecular complexity index is 463. The summed E-state index contributed by atoms with van der Waals surface area (Å²) in [5, 5.41) is 6.01. The first-order valence-electron chi connectivity index (χ1n) is 8.94. The van der Waals surface area contributed by atoms with Crippen LogP contribution in [0.25, 0.3) is 0 Å². The van der Waals surface area contributed by atoms with E-state index in [0.29, 0.717) is 0 Å². The molecule has 1 aliphatic rings. The second-order valence-electron chi connectivity index (χ2n) is 6.87. The standard InChI is InChI=1S/C19H31N3O/c1-16-7-6-13-22(15-16)14-12-20-19(23)21-17(2)10-11-18-8-4-3-5-9-18/h3-5,8-9,16-17H,6-7,10-15H2,1-2H3,(H2,20,21,23).